The summed E-state index contributed by atoms with van der Waals surface area (Å²) in [5.74, 6) is 0.185. The molecule has 1 aliphatic rings. The third-order valence-electron chi connectivity index (χ3n) is 2.36. The van der Waals surface area contributed by atoms with Gasteiger partial charge in [-0.1, -0.05) is 6.42 Å². The smallest absolute Gasteiger partial charge is 0.159 e. The Morgan fingerprint density at radius 2 is 2.25 bits per heavy atom. The van der Waals surface area contributed by atoms with E-state index in [1.54, 1.807) is 12.3 Å². The highest BCUT2D eigenvalue weighted by Crippen LogP contribution is 2.37. The molecule has 1 aromatic heterocycles. The maximum Gasteiger partial charge on any atom is 0.159 e. The van der Waals surface area contributed by atoms with Gasteiger partial charge in [0, 0.05) is 12.1 Å². The molecule has 0 aromatic carbocycles. The van der Waals surface area contributed by atoms with Gasteiger partial charge >= 0.3 is 0 Å². The standard InChI is InChI=1S/C9H9BrFN/c10-7-4-5-12-9(8(7)11)6-2-1-3-6/h4-6H,1-3H2. The highest BCUT2D eigenvalue weighted by atomic mass is 79.9. The minimum Gasteiger partial charge on any atom is -0.258 e. The van der Waals surface area contributed by atoms with Crippen LogP contribution in [0.3, 0.4) is 0 Å². The quantitative estimate of drug-likeness (QED) is 0.721. The van der Waals surface area contributed by atoms with Crippen LogP contribution in [0.1, 0.15) is 30.9 Å². The summed E-state index contributed by atoms with van der Waals surface area (Å²) in [4.78, 5) is 4.06. The average molecular weight is 230 g/mol. The Hall–Kier alpha value is -0.440. The molecule has 1 aliphatic carbocycles. The van der Waals surface area contributed by atoms with Crippen molar-refractivity contribution < 1.29 is 4.39 Å². The molecule has 64 valence electrons. The maximum absolute atomic E-state index is 13.4. The van der Waals surface area contributed by atoms with Crippen molar-refractivity contribution in [2.24, 2.45) is 0 Å². The van der Waals surface area contributed by atoms with E-state index in [9.17, 15) is 4.39 Å². The summed E-state index contributed by atoms with van der Waals surface area (Å²) < 4.78 is 13.9. The molecule has 3 heteroatoms. The third-order valence-corrected chi connectivity index (χ3v) is 2.97. The van der Waals surface area contributed by atoms with Gasteiger partial charge in [0.15, 0.2) is 5.82 Å². The second-order valence-electron chi connectivity index (χ2n) is 3.12. The zero-order valence-corrected chi connectivity index (χ0v) is 8.14. The van der Waals surface area contributed by atoms with Crippen LogP contribution in [0, 0.1) is 5.82 Å². The van der Waals surface area contributed by atoms with E-state index in [4.69, 9.17) is 0 Å². The fraction of sp³-hybridized carbons (Fsp3) is 0.444. The summed E-state index contributed by atoms with van der Waals surface area (Å²) in [6.07, 6.45) is 5.03. The first-order valence-corrected chi connectivity index (χ1v) is 4.88. The van der Waals surface area contributed by atoms with Crippen molar-refractivity contribution in [1.82, 2.24) is 4.98 Å². The summed E-state index contributed by atoms with van der Waals surface area (Å²) in [5.41, 5.74) is 0.635. The number of halogens is 2. The molecule has 1 heterocycles. The van der Waals surface area contributed by atoms with Gasteiger partial charge in [0.1, 0.15) is 0 Å². The first-order valence-electron chi connectivity index (χ1n) is 4.09. The van der Waals surface area contributed by atoms with Crippen LogP contribution in [-0.2, 0) is 0 Å². The van der Waals surface area contributed by atoms with E-state index >= 15 is 0 Å². The molecule has 1 saturated carbocycles. The molecule has 0 bridgehead atoms. The molecule has 1 fully saturated rings. The van der Waals surface area contributed by atoms with Crippen molar-refractivity contribution >= 4 is 15.9 Å². The van der Waals surface area contributed by atoms with Crippen LogP contribution in [0.4, 0.5) is 4.39 Å². The van der Waals surface area contributed by atoms with Crippen LogP contribution < -0.4 is 0 Å². The molecule has 0 spiro atoms. The maximum atomic E-state index is 13.4. The summed E-state index contributed by atoms with van der Waals surface area (Å²) in [6.45, 7) is 0. The normalized spacial score (nSPS) is 17.5. The predicted molar refractivity (Wildman–Crippen MR) is 48.5 cm³/mol. The molecule has 0 radical (unpaired) electrons. The van der Waals surface area contributed by atoms with Crippen molar-refractivity contribution in [1.29, 1.82) is 0 Å². The number of hydrogen-bond donors (Lipinski definition) is 0. The van der Waals surface area contributed by atoms with Gasteiger partial charge in [-0.05, 0) is 34.8 Å². The molecular weight excluding hydrogens is 221 g/mol. The molecule has 0 N–H and O–H groups in total. The molecule has 0 saturated heterocycles. The fourth-order valence-electron chi connectivity index (χ4n) is 1.40. The Labute approximate surface area is 79.1 Å². The Kier molecular flexibility index (Phi) is 2.13. The second-order valence-corrected chi connectivity index (χ2v) is 3.97. The highest BCUT2D eigenvalue weighted by Gasteiger charge is 2.24. The molecule has 1 nitrogen and oxygen atoms in total. The van der Waals surface area contributed by atoms with Gasteiger partial charge < -0.3 is 0 Å². The first kappa shape index (κ1) is 8.17. The van der Waals surface area contributed by atoms with Gasteiger partial charge in [0.25, 0.3) is 0 Å². The lowest BCUT2D eigenvalue weighted by atomic mass is 9.82. The molecule has 12 heavy (non-hydrogen) atoms. The van der Waals surface area contributed by atoms with Gasteiger partial charge in [-0.25, -0.2) is 4.39 Å². The zero-order valence-electron chi connectivity index (χ0n) is 6.56. The largest absolute Gasteiger partial charge is 0.258 e. The minimum absolute atomic E-state index is 0.179. The van der Waals surface area contributed by atoms with Crippen LogP contribution in [0.15, 0.2) is 16.7 Å². The molecule has 0 atom stereocenters. The van der Waals surface area contributed by atoms with Crippen LogP contribution in [0.25, 0.3) is 0 Å². The zero-order chi connectivity index (χ0) is 8.55. The van der Waals surface area contributed by atoms with E-state index in [0.29, 0.717) is 16.1 Å². The van der Waals surface area contributed by atoms with E-state index in [1.807, 2.05) is 0 Å². The van der Waals surface area contributed by atoms with Crippen LogP contribution in [0.2, 0.25) is 0 Å². The number of nitrogens with zero attached hydrogens (tertiary/aromatic N) is 1. The average Bonchev–Trinajstić information content (AvgIpc) is 1.95. The molecular formula is C9H9BrFN. The van der Waals surface area contributed by atoms with E-state index < -0.39 is 0 Å². The van der Waals surface area contributed by atoms with Gasteiger partial charge in [-0.2, -0.15) is 0 Å². The number of aromatic nitrogens is 1. The van der Waals surface area contributed by atoms with Crippen molar-refractivity contribution in [2.75, 3.05) is 0 Å². The lowest BCUT2D eigenvalue weighted by Crippen LogP contribution is -2.12. The molecule has 0 unspecified atom stereocenters. The SMILES string of the molecule is Fc1c(Br)ccnc1C1CCC1. The van der Waals surface area contributed by atoms with Crippen molar-refractivity contribution in [3.05, 3.63) is 28.2 Å². The topological polar surface area (TPSA) is 12.9 Å². The molecule has 0 amide bonds. The van der Waals surface area contributed by atoms with Gasteiger partial charge in [-0.3, -0.25) is 4.98 Å². The minimum atomic E-state index is -0.179. The van der Waals surface area contributed by atoms with Crippen molar-refractivity contribution in [2.45, 2.75) is 25.2 Å². The molecule has 1 aromatic rings. The van der Waals surface area contributed by atoms with E-state index in [2.05, 4.69) is 20.9 Å². The van der Waals surface area contributed by atoms with Gasteiger partial charge in [0.2, 0.25) is 0 Å². The summed E-state index contributed by atoms with van der Waals surface area (Å²) in [5, 5.41) is 0. The Bertz CT molecular complexity index is 297. The van der Waals surface area contributed by atoms with Gasteiger partial charge in [0.05, 0.1) is 10.2 Å². The van der Waals surface area contributed by atoms with Crippen LogP contribution >= 0.6 is 15.9 Å². The Morgan fingerprint density at radius 1 is 1.50 bits per heavy atom. The second kappa shape index (κ2) is 3.13. The number of rotatable bonds is 1. The lowest BCUT2D eigenvalue weighted by Gasteiger charge is -2.24. The van der Waals surface area contributed by atoms with Crippen LogP contribution in [0.5, 0.6) is 0 Å². The van der Waals surface area contributed by atoms with E-state index in [-0.39, 0.29) is 5.82 Å². The van der Waals surface area contributed by atoms with Crippen molar-refractivity contribution in [3.63, 3.8) is 0 Å². The number of pyridine rings is 1. The summed E-state index contributed by atoms with van der Waals surface area (Å²) in [6, 6.07) is 1.64. The summed E-state index contributed by atoms with van der Waals surface area (Å²) >= 11 is 3.15. The number of hydrogen-bond acceptors (Lipinski definition) is 1. The fourth-order valence-corrected chi connectivity index (χ4v) is 1.72. The predicted octanol–water partition coefficient (Wildman–Crippen LogP) is 3.25. The van der Waals surface area contributed by atoms with Crippen LogP contribution in [-0.4, -0.2) is 4.98 Å². The third kappa shape index (κ3) is 1.26. The lowest BCUT2D eigenvalue weighted by molar-refractivity contribution is 0.393. The van der Waals surface area contributed by atoms with Crippen molar-refractivity contribution in [3.8, 4) is 0 Å². The Morgan fingerprint density at radius 3 is 2.83 bits per heavy atom. The molecule has 2 rings (SSSR count). The van der Waals surface area contributed by atoms with E-state index in [0.717, 1.165) is 12.8 Å². The summed E-state index contributed by atoms with van der Waals surface area (Å²) in [7, 11) is 0. The van der Waals surface area contributed by atoms with Gasteiger partial charge in [-0.15, -0.1) is 0 Å². The first-order chi connectivity index (χ1) is 5.79. The van der Waals surface area contributed by atoms with E-state index in [1.165, 1.54) is 6.42 Å². The monoisotopic (exact) mass is 229 g/mol. The highest BCUT2D eigenvalue weighted by molar-refractivity contribution is 9.10. The molecule has 0 aliphatic heterocycles. The Balaban J connectivity index is 2.36.